The Labute approximate surface area is 693 Å². The third-order valence-electron chi connectivity index (χ3n) is 19.7. The zero-order valence-electron chi connectivity index (χ0n) is 65.0. The zero-order valence-corrected chi connectivity index (χ0v) is 66.5. The van der Waals surface area contributed by atoms with Crippen LogP contribution in [0.5, 0.6) is 0 Å². The maximum absolute atomic E-state index is 15.4. The van der Waals surface area contributed by atoms with E-state index in [-0.39, 0.29) is 5.56 Å². The van der Waals surface area contributed by atoms with E-state index in [1.54, 1.807) is 79.7 Å². The maximum atomic E-state index is 15.4. The minimum Gasteiger partial charge on any atom is -0.480 e. The van der Waals surface area contributed by atoms with Crippen LogP contribution in [-0.4, -0.2) is 291 Å². The molecule has 21 atom stereocenters. The number of nitrogens with zero attached hydrogens (tertiary/aromatic N) is 2. The largest absolute Gasteiger partial charge is 0.480 e. The molecule has 1 saturated heterocycles. The number of primary amides is 2. The number of aromatic nitrogens is 2. The second-order valence-corrected chi connectivity index (χ2v) is 29.8. The second-order valence-electron chi connectivity index (χ2n) is 28.9. The number of carbonyl (C=O) groups excluding carboxylic acids is 14. The lowest BCUT2D eigenvalue weighted by molar-refractivity contribution is -0.697. The molecule has 0 spiro atoms. The first-order valence-corrected chi connectivity index (χ1v) is 38.6. The van der Waals surface area contributed by atoms with Gasteiger partial charge < -0.3 is 136 Å². The summed E-state index contributed by atoms with van der Waals surface area (Å²) in [6, 6.07) is -0.629. The number of allylic oxidation sites excluding steroid dienone is 2. The summed E-state index contributed by atoms with van der Waals surface area (Å²) in [6.45, 7) is -1.90. The van der Waals surface area contributed by atoms with Crippen molar-refractivity contribution >= 4 is 111 Å². The van der Waals surface area contributed by atoms with Crippen molar-refractivity contribution in [3.63, 3.8) is 0 Å². The van der Waals surface area contributed by atoms with Crippen molar-refractivity contribution in [3.8, 4) is 0 Å². The minimum absolute atomic E-state index is 0.286. The molecule has 14 amide bonds. The number of imidazole rings is 1. The average Bonchev–Trinajstić information content (AvgIpc) is 1.59. The number of carbonyl (C=O) groups is 15. The number of carboxylic acid groups (broad SMARTS) is 1. The standard InChI is InChI=1S/C76H99BrN16O27/c1-35(17-18-38-11-6-4-7-12-38)23-51(98)44-27-56(102)82-49(31-94)69(112)87-48-30-92-29-42(93(34-92)75-63(106)62(105)60(103)53(33-96)120-75)25-46(66(109)90-58(37(3)97)73(116)88-50(32-95)70(113)85-45(65(108)84-44)24-39-13-8-5-9-14-39)81-55(101)16-10-15-43(76(118)119)83-71(114)52(99)28-80-72(115)57(36(2)40-19-21-41(77)22-20-40)89-74(117)59(61(104)64(79)107)91-67(110)47(26-54(78)100)86-68(48)111/h4-9,11-14,17-23,29,34,36-37,43-53,57-63,75,94-99,103-106H,10,15-16,24-28,30-33H2,1-3H3,(H16-,78,79,80,81,82,83,84,85,86,87,88,89,90,91,100,101,102,107,108,109,110,111,112,113,114,115,116,117,118,119)/p+1/t36-,37-,43-,44-,45-,46-,47-,48+,49-,50-,51-,52+,53+,57-,58-,59-,60-,61+,62-,63+,75+/m0/s1. The van der Waals surface area contributed by atoms with Gasteiger partial charge in [0.2, 0.25) is 89.3 Å². The number of β-amino-alcohol motifs (C(OH)–C–C–N with tert-alkyl or cyclic N) is 1. The summed E-state index contributed by atoms with van der Waals surface area (Å²) in [6.07, 6.45) is -18.4. The number of fused-ring (bicyclic) bond motifs is 2. The lowest BCUT2D eigenvalue weighted by Gasteiger charge is -2.38. The van der Waals surface area contributed by atoms with E-state index in [0.29, 0.717) is 21.2 Å². The van der Waals surface area contributed by atoms with E-state index in [0.717, 1.165) is 28.6 Å². The molecule has 0 radical (unpaired) electrons. The first-order chi connectivity index (χ1) is 56.8. The number of halogens is 1. The molecule has 7 rings (SSSR count). The number of amides is 14. The highest BCUT2D eigenvalue weighted by Gasteiger charge is 2.49. The number of aliphatic hydroxyl groups is 10. The van der Waals surface area contributed by atoms with E-state index in [4.69, 9.17) is 16.2 Å². The molecule has 3 aromatic carbocycles. The summed E-state index contributed by atoms with van der Waals surface area (Å²) in [7, 11) is 0. The van der Waals surface area contributed by atoms with Gasteiger partial charge in [-0.3, -0.25) is 67.1 Å². The van der Waals surface area contributed by atoms with Crippen LogP contribution in [0.15, 0.2) is 120 Å². The molecule has 27 N–H and O–H groups in total. The Balaban J connectivity index is 1.45. The van der Waals surface area contributed by atoms with Crippen molar-refractivity contribution in [1.29, 1.82) is 0 Å². The van der Waals surface area contributed by atoms with Crippen molar-refractivity contribution in [2.24, 2.45) is 11.5 Å². The van der Waals surface area contributed by atoms with Gasteiger partial charge in [0, 0.05) is 36.1 Å². The molecule has 120 heavy (non-hydrogen) atoms. The fourth-order valence-corrected chi connectivity index (χ4v) is 13.2. The number of benzene rings is 3. The SMILES string of the molecule is CC(C=Cc1ccccc1)=C[C@H](O)[C@@H]1CC(=O)N[C@@H](CO)C(=O)N[C@@H]2C[n+]3cc(n([C@@H]4O[C@H](CO)[C@H](O)[C@H](O)[C@H]4O)c3)C[C@H](NC(=O)CCC[C@@H](C(=O)O)NC(=O)[C@H](O)CNC(=O)[C@H]([C@@H](C)c3ccc(Br)cc3)NC(=O)[C@H]([C@@H](O)C(N)=O)NC(=O)[C@H](CC(N)=O)NC2=O)C(=O)N[C@@H]([C@H](C)O)C(=O)N[C@@H](CO)C(=O)N[C@@H](Cc2ccccc2)C(=O)N1. The lowest BCUT2D eigenvalue weighted by atomic mass is 9.92. The van der Waals surface area contributed by atoms with Gasteiger partial charge in [0.1, 0.15) is 109 Å². The van der Waals surface area contributed by atoms with Crippen LogP contribution in [-0.2, 0) is 96.0 Å². The molecule has 1 aromatic heterocycles. The fraction of sp³-hybridized carbons (Fsp3) is 0.474. The first kappa shape index (κ1) is 95.6. The summed E-state index contributed by atoms with van der Waals surface area (Å²) in [4.78, 5) is 215. The number of aliphatic hydroxyl groups excluding tert-OH is 10. The molecule has 0 unspecified atom stereocenters. The Kier molecular flexibility index (Phi) is 35.9. The number of nitrogens with one attached hydrogen (secondary N) is 12. The van der Waals surface area contributed by atoms with Crippen LogP contribution in [0.3, 0.4) is 0 Å². The number of ether oxygens (including phenoxy) is 1. The number of rotatable bonds is 18. The fourth-order valence-electron chi connectivity index (χ4n) is 13.0. The molecule has 43 nitrogen and oxygen atoms in total. The number of hydrogen-bond donors (Lipinski definition) is 25. The van der Waals surface area contributed by atoms with Crippen molar-refractivity contribution in [2.45, 2.75) is 200 Å². The van der Waals surface area contributed by atoms with Gasteiger partial charge in [-0.15, -0.1) is 0 Å². The predicted octanol–water partition coefficient (Wildman–Crippen LogP) is -10.3. The quantitative estimate of drug-likeness (QED) is 0.0325. The highest BCUT2D eigenvalue weighted by atomic mass is 79.9. The van der Waals surface area contributed by atoms with E-state index < -0.39 is 300 Å². The molecule has 44 heteroatoms. The van der Waals surface area contributed by atoms with Crippen LogP contribution in [0.25, 0.3) is 6.08 Å². The van der Waals surface area contributed by atoms with E-state index in [1.807, 2.05) is 5.32 Å². The molecule has 3 aliphatic heterocycles. The molecule has 0 aliphatic carbocycles. The summed E-state index contributed by atoms with van der Waals surface area (Å²) in [5, 5.41) is 149. The Morgan fingerprint density at radius 3 is 1.79 bits per heavy atom. The minimum atomic E-state index is -2.76. The monoisotopic (exact) mass is 1750 g/mol. The third-order valence-corrected chi connectivity index (χ3v) is 20.2. The molecule has 0 saturated carbocycles. The zero-order chi connectivity index (χ0) is 88.5. The lowest BCUT2D eigenvalue weighted by Crippen LogP contribution is -2.64. The molecule has 1 fully saturated rings. The van der Waals surface area contributed by atoms with Gasteiger partial charge in [-0.1, -0.05) is 119 Å². The van der Waals surface area contributed by atoms with E-state index in [2.05, 4.69) is 74.4 Å². The summed E-state index contributed by atoms with van der Waals surface area (Å²) in [5.41, 5.74) is 12.4. The summed E-state index contributed by atoms with van der Waals surface area (Å²) in [5.74, 6) is -22.8. The van der Waals surface area contributed by atoms with Crippen LogP contribution in [0.1, 0.15) is 87.4 Å². The van der Waals surface area contributed by atoms with Crippen LogP contribution < -0.4 is 79.8 Å². The number of nitrogens with two attached hydrogens (primary N) is 2. The van der Waals surface area contributed by atoms with Gasteiger partial charge in [0.25, 0.3) is 5.91 Å². The maximum Gasteiger partial charge on any atom is 0.326 e. The smallest absolute Gasteiger partial charge is 0.326 e. The van der Waals surface area contributed by atoms with E-state index in [1.165, 1.54) is 37.3 Å². The van der Waals surface area contributed by atoms with Crippen LogP contribution in [0, 0.1) is 0 Å². The van der Waals surface area contributed by atoms with E-state index in [9.17, 15) is 119 Å². The van der Waals surface area contributed by atoms with Crippen LogP contribution >= 0.6 is 15.9 Å². The van der Waals surface area contributed by atoms with Gasteiger partial charge in [0.05, 0.1) is 51.0 Å². The summed E-state index contributed by atoms with van der Waals surface area (Å²) < 4.78 is 8.27. The molecule has 4 heterocycles. The third kappa shape index (κ3) is 27.2. The number of aliphatic carboxylic acids is 1. The number of carboxylic acids is 1. The van der Waals surface area contributed by atoms with Crippen molar-refractivity contribution in [2.75, 3.05) is 26.4 Å². The molecular formula is C76H100BrN16O27+. The van der Waals surface area contributed by atoms with Crippen LogP contribution in [0.2, 0.25) is 0 Å². The summed E-state index contributed by atoms with van der Waals surface area (Å²) >= 11 is 3.29. The molecule has 3 aliphatic rings. The van der Waals surface area contributed by atoms with Gasteiger partial charge in [-0.05, 0) is 55.5 Å². The Morgan fingerprint density at radius 2 is 1.18 bits per heavy atom. The highest BCUT2D eigenvalue weighted by molar-refractivity contribution is 9.10. The molecule has 652 valence electrons. The van der Waals surface area contributed by atoms with Crippen molar-refractivity contribution in [1.82, 2.24) is 68.4 Å². The highest BCUT2D eigenvalue weighted by Crippen LogP contribution is 2.30. The van der Waals surface area contributed by atoms with Gasteiger partial charge in [-0.25, -0.2) is 13.9 Å². The van der Waals surface area contributed by atoms with Gasteiger partial charge in [0.15, 0.2) is 6.10 Å². The molecule has 4 aromatic rings. The topological polar surface area (TPSA) is 693 Å². The Bertz CT molecular complexity index is 4390. The van der Waals surface area contributed by atoms with Gasteiger partial charge in [-0.2, -0.15) is 0 Å². The normalized spacial score (nSPS) is 28.3. The van der Waals surface area contributed by atoms with E-state index >= 15 is 9.59 Å². The van der Waals surface area contributed by atoms with Crippen molar-refractivity contribution in [3.05, 3.63) is 142 Å². The van der Waals surface area contributed by atoms with Crippen LogP contribution in [0.4, 0.5) is 0 Å². The Morgan fingerprint density at radius 1 is 0.600 bits per heavy atom. The molecule has 4 bridgehead atoms. The molecular weight excluding hydrogens is 1650 g/mol. The average molecular weight is 1750 g/mol. The van der Waals surface area contributed by atoms with Gasteiger partial charge >= 0.3 is 5.97 Å². The van der Waals surface area contributed by atoms with Crippen molar-refractivity contribution < 1.29 is 137 Å². The predicted molar refractivity (Wildman–Crippen MR) is 417 cm³/mol. The Hall–Kier alpha value is -11.6. The first-order valence-electron chi connectivity index (χ1n) is 37.8. The number of hydrogen-bond acceptors (Lipinski definition) is 26. The second kappa shape index (κ2) is 45.0.